The average Bonchev–Trinajstić information content (AvgIpc) is 3.20. The molecule has 0 bridgehead atoms. The molecule has 174 valence electrons. The van der Waals surface area contributed by atoms with Crippen molar-refractivity contribution in [2.75, 3.05) is 49.6 Å². The predicted octanol–water partition coefficient (Wildman–Crippen LogP) is 4.35. The first kappa shape index (κ1) is 21.9. The van der Waals surface area contributed by atoms with Crippen molar-refractivity contribution < 1.29 is 9.53 Å². The molecule has 33 heavy (non-hydrogen) atoms. The van der Waals surface area contributed by atoms with Crippen LogP contribution in [0.5, 0.6) is 5.75 Å². The number of hydrogen-bond acceptors (Lipinski definition) is 7. The van der Waals surface area contributed by atoms with Crippen LogP contribution in [0.2, 0.25) is 0 Å². The highest BCUT2D eigenvalue weighted by molar-refractivity contribution is 7.20. The van der Waals surface area contributed by atoms with E-state index in [2.05, 4.69) is 39.7 Å². The summed E-state index contributed by atoms with van der Waals surface area (Å²) < 4.78 is 5.52. The number of nitrogens with zero attached hydrogens (tertiary/aromatic N) is 5. The van der Waals surface area contributed by atoms with Crippen molar-refractivity contribution in [3.05, 3.63) is 41.0 Å². The van der Waals surface area contributed by atoms with Gasteiger partial charge in [0.1, 0.15) is 22.7 Å². The summed E-state index contributed by atoms with van der Waals surface area (Å²) in [6, 6.07) is 8.52. The van der Waals surface area contributed by atoms with Gasteiger partial charge in [0.15, 0.2) is 0 Å². The van der Waals surface area contributed by atoms with Gasteiger partial charge in [0.25, 0.3) is 5.91 Å². The van der Waals surface area contributed by atoms with Gasteiger partial charge in [0.2, 0.25) is 0 Å². The summed E-state index contributed by atoms with van der Waals surface area (Å²) in [5.74, 6) is 1.96. The van der Waals surface area contributed by atoms with Crippen LogP contribution in [-0.2, 0) is 0 Å². The molecule has 2 saturated heterocycles. The number of amides is 1. The van der Waals surface area contributed by atoms with Crippen LogP contribution in [-0.4, -0.2) is 66.7 Å². The summed E-state index contributed by atoms with van der Waals surface area (Å²) in [5, 5.41) is 1.05. The number of aromatic nitrogens is 2. The Morgan fingerprint density at radius 3 is 2.64 bits per heavy atom. The fourth-order valence-corrected chi connectivity index (χ4v) is 6.18. The van der Waals surface area contributed by atoms with Crippen LogP contribution in [0.25, 0.3) is 10.2 Å². The number of methoxy groups -OCH3 is 1. The second-order valence-electron chi connectivity index (χ2n) is 8.92. The molecule has 0 saturated carbocycles. The number of para-hydroxylation sites is 2. The molecule has 2 fully saturated rings. The number of carbonyl (C=O) groups excluding carboxylic acids is 1. The molecule has 1 aromatic carbocycles. The largest absolute Gasteiger partial charge is 0.495 e. The number of anilines is 2. The molecule has 7 nitrogen and oxygen atoms in total. The first-order valence-electron chi connectivity index (χ1n) is 11.8. The molecule has 1 amide bonds. The first-order valence-corrected chi connectivity index (χ1v) is 12.6. The van der Waals surface area contributed by atoms with Gasteiger partial charge >= 0.3 is 0 Å². The lowest BCUT2D eigenvalue weighted by atomic mass is 10.0. The number of carbonyl (C=O) groups is 1. The topological polar surface area (TPSA) is 61.8 Å². The van der Waals surface area contributed by atoms with Gasteiger partial charge in [-0.1, -0.05) is 12.1 Å². The van der Waals surface area contributed by atoms with Gasteiger partial charge in [-0.15, -0.1) is 11.3 Å². The third kappa shape index (κ3) is 4.01. The van der Waals surface area contributed by atoms with Crippen LogP contribution >= 0.6 is 11.3 Å². The second-order valence-corrected chi connectivity index (χ2v) is 9.92. The Balaban J connectivity index is 1.37. The Hall–Kier alpha value is -2.87. The van der Waals surface area contributed by atoms with Crippen molar-refractivity contribution in [1.29, 1.82) is 0 Å². The molecule has 0 spiro atoms. The molecule has 0 aliphatic carbocycles. The molecular formula is C25H31N5O2S. The minimum absolute atomic E-state index is 0.104. The smallest absolute Gasteiger partial charge is 0.264 e. The third-order valence-electron chi connectivity index (χ3n) is 6.97. The first-order chi connectivity index (χ1) is 16.1. The van der Waals surface area contributed by atoms with E-state index in [-0.39, 0.29) is 5.91 Å². The maximum Gasteiger partial charge on any atom is 0.264 e. The van der Waals surface area contributed by atoms with Gasteiger partial charge in [-0.05, 0) is 50.8 Å². The number of rotatable bonds is 4. The van der Waals surface area contributed by atoms with Gasteiger partial charge in [-0.25, -0.2) is 9.97 Å². The van der Waals surface area contributed by atoms with E-state index in [1.807, 2.05) is 23.1 Å². The van der Waals surface area contributed by atoms with Gasteiger partial charge < -0.3 is 19.4 Å². The Labute approximate surface area is 199 Å². The lowest BCUT2D eigenvalue weighted by Gasteiger charge is -2.36. The number of hydrogen-bond donors (Lipinski definition) is 0. The summed E-state index contributed by atoms with van der Waals surface area (Å²) in [5.41, 5.74) is 2.10. The van der Waals surface area contributed by atoms with Crippen molar-refractivity contribution in [1.82, 2.24) is 14.9 Å². The van der Waals surface area contributed by atoms with Gasteiger partial charge in [-0.3, -0.25) is 4.79 Å². The van der Waals surface area contributed by atoms with Crippen LogP contribution in [0, 0.1) is 6.92 Å². The zero-order chi connectivity index (χ0) is 22.9. The number of fused-ring (bicyclic) bond motifs is 1. The molecule has 2 aromatic heterocycles. The summed E-state index contributed by atoms with van der Waals surface area (Å²) in [7, 11) is 1.70. The Morgan fingerprint density at radius 1 is 1.09 bits per heavy atom. The van der Waals surface area contributed by atoms with Crippen LogP contribution in [0.3, 0.4) is 0 Å². The van der Waals surface area contributed by atoms with E-state index in [9.17, 15) is 4.79 Å². The zero-order valence-corrected chi connectivity index (χ0v) is 20.4. The fourth-order valence-electron chi connectivity index (χ4n) is 5.07. The van der Waals surface area contributed by atoms with Crippen LogP contribution < -0.4 is 14.5 Å². The van der Waals surface area contributed by atoms with Crippen LogP contribution in [0.1, 0.15) is 41.4 Å². The fraction of sp³-hybridized carbons (Fsp3) is 0.480. The number of piperidine rings is 1. The summed E-state index contributed by atoms with van der Waals surface area (Å²) in [4.78, 5) is 31.1. The van der Waals surface area contributed by atoms with E-state index in [1.54, 1.807) is 13.4 Å². The standard InChI is InChI=1S/C25H31N5O2S/c1-17-8-6-7-11-30(17)23-21-18(2)22(33-24(21)27-16-26-23)25(31)29-14-12-28(13-15-29)19-9-4-5-10-20(19)32-3/h4-5,9-10,16-17H,6-8,11-15H2,1-3H3/t17-/m0/s1. The SMILES string of the molecule is COc1ccccc1N1CCN(C(=O)c2sc3ncnc(N4CCCC[C@@H]4C)c3c2C)CC1. The molecular weight excluding hydrogens is 434 g/mol. The van der Waals surface area contributed by atoms with Crippen molar-refractivity contribution in [2.24, 2.45) is 0 Å². The molecule has 2 aliphatic rings. The Bertz CT molecular complexity index is 1150. The van der Waals surface area contributed by atoms with Crippen molar-refractivity contribution >= 4 is 39.0 Å². The van der Waals surface area contributed by atoms with E-state index < -0.39 is 0 Å². The molecule has 4 heterocycles. The van der Waals surface area contributed by atoms with E-state index in [1.165, 1.54) is 30.6 Å². The van der Waals surface area contributed by atoms with E-state index >= 15 is 0 Å². The van der Waals surface area contributed by atoms with Gasteiger partial charge in [0.05, 0.1) is 23.1 Å². The number of thiophene rings is 1. The minimum atomic E-state index is 0.104. The quantitative estimate of drug-likeness (QED) is 0.571. The number of benzene rings is 1. The number of aryl methyl sites for hydroxylation is 1. The van der Waals surface area contributed by atoms with Gasteiger partial charge in [0, 0.05) is 38.8 Å². The molecule has 0 radical (unpaired) electrons. The highest BCUT2D eigenvalue weighted by atomic mass is 32.1. The molecule has 5 rings (SSSR count). The minimum Gasteiger partial charge on any atom is -0.495 e. The molecule has 8 heteroatoms. The highest BCUT2D eigenvalue weighted by Crippen LogP contribution is 2.37. The zero-order valence-electron chi connectivity index (χ0n) is 19.6. The lowest BCUT2D eigenvalue weighted by molar-refractivity contribution is 0.0751. The van der Waals surface area contributed by atoms with Crippen LogP contribution in [0.4, 0.5) is 11.5 Å². The average molecular weight is 466 g/mol. The van der Waals surface area contributed by atoms with Gasteiger partial charge in [-0.2, -0.15) is 0 Å². The second kappa shape index (κ2) is 9.17. The Kier molecular flexibility index (Phi) is 6.10. The van der Waals surface area contributed by atoms with Crippen molar-refractivity contribution in [3.63, 3.8) is 0 Å². The molecule has 3 aromatic rings. The maximum absolute atomic E-state index is 13.5. The van der Waals surface area contributed by atoms with Crippen molar-refractivity contribution in [2.45, 2.75) is 39.2 Å². The molecule has 0 N–H and O–H groups in total. The third-order valence-corrected chi connectivity index (χ3v) is 8.16. The summed E-state index contributed by atoms with van der Waals surface area (Å²) in [6.07, 6.45) is 5.27. The summed E-state index contributed by atoms with van der Waals surface area (Å²) in [6.45, 7) is 8.27. The monoisotopic (exact) mass is 465 g/mol. The highest BCUT2D eigenvalue weighted by Gasteiger charge is 2.29. The lowest BCUT2D eigenvalue weighted by Crippen LogP contribution is -2.48. The summed E-state index contributed by atoms with van der Waals surface area (Å²) >= 11 is 1.51. The normalized spacial score (nSPS) is 19.2. The van der Waals surface area contributed by atoms with Crippen LogP contribution in [0.15, 0.2) is 30.6 Å². The maximum atomic E-state index is 13.5. The van der Waals surface area contributed by atoms with Crippen molar-refractivity contribution in [3.8, 4) is 5.75 Å². The predicted molar refractivity (Wildman–Crippen MR) is 134 cm³/mol. The molecule has 0 unspecified atom stereocenters. The number of piperazine rings is 1. The van der Waals surface area contributed by atoms with E-state index in [0.29, 0.717) is 19.1 Å². The van der Waals surface area contributed by atoms with E-state index in [4.69, 9.17) is 4.74 Å². The Morgan fingerprint density at radius 2 is 1.88 bits per heavy atom. The molecule has 1 atom stereocenters. The number of ether oxygens (including phenoxy) is 1. The molecule has 2 aliphatic heterocycles. The van der Waals surface area contributed by atoms with E-state index in [0.717, 1.165) is 57.5 Å².